The number of ether oxygens (including phenoxy) is 2. The molecule has 2 aromatic carbocycles. The zero-order valence-electron chi connectivity index (χ0n) is 18.1. The fourth-order valence-corrected chi connectivity index (χ4v) is 3.47. The Labute approximate surface area is 187 Å². The Bertz CT molecular complexity index is 1020. The van der Waals surface area contributed by atoms with E-state index in [1.807, 2.05) is 54.6 Å². The van der Waals surface area contributed by atoms with E-state index in [1.165, 1.54) is 0 Å². The van der Waals surface area contributed by atoms with Crippen LogP contribution in [0.5, 0.6) is 5.75 Å². The second-order valence-corrected chi connectivity index (χ2v) is 7.50. The van der Waals surface area contributed by atoms with Gasteiger partial charge in [-0.05, 0) is 48.4 Å². The topological polar surface area (TPSA) is 88.6 Å². The number of amides is 1. The first-order chi connectivity index (χ1) is 15.7. The third kappa shape index (κ3) is 5.95. The summed E-state index contributed by atoms with van der Waals surface area (Å²) in [5.74, 6) is 1.46. The highest BCUT2D eigenvalue weighted by molar-refractivity contribution is 5.91. The van der Waals surface area contributed by atoms with Crippen LogP contribution in [0.2, 0.25) is 0 Å². The van der Waals surface area contributed by atoms with Crippen LogP contribution in [0, 0.1) is 0 Å². The highest BCUT2D eigenvalue weighted by atomic mass is 16.5. The second-order valence-electron chi connectivity index (χ2n) is 7.50. The van der Waals surface area contributed by atoms with E-state index < -0.39 is 0 Å². The summed E-state index contributed by atoms with van der Waals surface area (Å²) >= 11 is 0. The first-order valence-corrected chi connectivity index (χ1v) is 10.6. The molecule has 0 atom stereocenters. The van der Waals surface area contributed by atoms with Gasteiger partial charge in [0.1, 0.15) is 5.75 Å². The molecule has 0 radical (unpaired) electrons. The van der Waals surface area contributed by atoms with Crippen molar-refractivity contribution in [1.29, 1.82) is 0 Å². The Morgan fingerprint density at radius 1 is 1.06 bits per heavy atom. The Morgan fingerprint density at radius 3 is 2.50 bits per heavy atom. The molecule has 2 heterocycles. The molecule has 1 amide bonds. The van der Waals surface area contributed by atoms with Crippen molar-refractivity contribution in [1.82, 2.24) is 10.2 Å². The van der Waals surface area contributed by atoms with Crippen LogP contribution >= 0.6 is 0 Å². The number of carbonyl (C=O) groups excluding carboxylic acids is 1. The van der Waals surface area contributed by atoms with Crippen LogP contribution in [0.4, 0.5) is 22.9 Å². The minimum atomic E-state index is -0.0226. The number of benzene rings is 2. The van der Waals surface area contributed by atoms with E-state index in [-0.39, 0.29) is 5.91 Å². The number of nitrogens with one attached hydrogen (secondary N) is 2. The van der Waals surface area contributed by atoms with Crippen LogP contribution in [-0.2, 0) is 16.0 Å². The average Bonchev–Trinajstić information content (AvgIpc) is 2.85. The van der Waals surface area contributed by atoms with Gasteiger partial charge < -0.3 is 25.0 Å². The Balaban J connectivity index is 1.28. The Morgan fingerprint density at radius 2 is 1.78 bits per heavy atom. The molecular formula is C24H27N5O3. The third-order valence-electron chi connectivity index (χ3n) is 5.26. The standard InChI is InChI=1S/C24H27N5O3/c1-31-22-9-2-18(3-10-22)4-11-24(30)27-20-7-5-19(6-8-20)26-23-16-21(17-25-28-23)29-12-14-32-15-13-29/h2-3,5-10,16-17H,4,11-15H2,1H3,(H,26,28)(H,27,30). The molecule has 8 heteroatoms. The van der Waals surface area contributed by atoms with Crippen LogP contribution in [0.15, 0.2) is 60.8 Å². The van der Waals surface area contributed by atoms with Crippen LogP contribution in [0.3, 0.4) is 0 Å². The normalized spacial score (nSPS) is 13.5. The lowest BCUT2D eigenvalue weighted by Gasteiger charge is -2.28. The van der Waals surface area contributed by atoms with Crippen molar-refractivity contribution in [3.8, 4) is 5.75 Å². The molecule has 0 saturated carbocycles. The summed E-state index contributed by atoms with van der Waals surface area (Å²) in [5.41, 5.74) is 3.74. The van der Waals surface area contributed by atoms with E-state index >= 15 is 0 Å². The maximum atomic E-state index is 12.3. The van der Waals surface area contributed by atoms with Crippen LogP contribution in [0.1, 0.15) is 12.0 Å². The number of aryl methyl sites for hydroxylation is 1. The van der Waals surface area contributed by atoms with Gasteiger partial charge in [-0.1, -0.05) is 12.1 Å². The van der Waals surface area contributed by atoms with E-state index in [1.54, 1.807) is 13.3 Å². The molecule has 1 fully saturated rings. The largest absolute Gasteiger partial charge is 0.497 e. The molecule has 4 rings (SSSR count). The third-order valence-corrected chi connectivity index (χ3v) is 5.26. The minimum Gasteiger partial charge on any atom is -0.497 e. The number of nitrogens with zero attached hydrogens (tertiary/aromatic N) is 3. The molecule has 0 aliphatic carbocycles. The molecule has 1 aromatic heterocycles. The van der Waals surface area contributed by atoms with Gasteiger partial charge in [-0.3, -0.25) is 4.79 Å². The van der Waals surface area contributed by atoms with E-state index in [9.17, 15) is 4.79 Å². The van der Waals surface area contributed by atoms with Crippen molar-refractivity contribution in [2.45, 2.75) is 12.8 Å². The monoisotopic (exact) mass is 433 g/mol. The number of morpholine rings is 1. The van der Waals surface area contributed by atoms with Gasteiger partial charge in [0, 0.05) is 37.0 Å². The molecular weight excluding hydrogens is 406 g/mol. The molecule has 166 valence electrons. The summed E-state index contributed by atoms with van der Waals surface area (Å²) in [6.07, 6.45) is 2.85. The summed E-state index contributed by atoms with van der Waals surface area (Å²) < 4.78 is 10.6. The van der Waals surface area contributed by atoms with Gasteiger partial charge in [0.05, 0.1) is 32.2 Å². The molecule has 8 nitrogen and oxygen atoms in total. The highest BCUT2D eigenvalue weighted by Gasteiger charge is 2.12. The number of carbonyl (C=O) groups is 1. The van der Waals surface area contributed by atoms with Crippen molar-refractivity contribution in [3.63, 3.8) is 0 Å². The van der Waals surface area contributed by atoms with Crippen molar-refractivity contribution >= 4 is 28.8 Å². The molecule has 32 heavy (non-hydrogen) atoms. The van der Waals surface area contributed by atoms with Gasteiger partial charge in [-0.15, -0.1) is 5.10 Å². The first-order valence-electron chi connectivity index (χ1n) is 10.6. The smallest absolute Gasteiger partial charge is 0.224 e. The maximum Gasteiger partial charge on any atom is 0.224 e. The van der Waals surface area contributed by atoms with E-state index in [0.717, 1.165) is 54.7 Å². The van der Waals surface area contributed by atoms with Crippen LogP contribution in [-0.4, -0.2) is 49.5 Å². The molecule has 0 bridgehead atoms. The zero-order valence-corrected chi connectivity index (χ0v) is 18.1. The minimum absolute atomic E-state index is 0.0226. The molecule has 2 N–H and O–H groups in total. The SMILES string of the molecule is COc1ccc(CCC(=O)Nc2ccc(Nc3cc(N4CCOCC4)cnn3)cc2)cc1. The van der Waals surface area contributed by atoms with E-state index in [4.69, 9.17) is 9.47 Å². The van der Waals surface area contributed by atoms with Gasteiger partial charge in [0.2, 0.25) is 5.91 Å². The molecule has 1 aliphatic rings. The van der Waals surface area contributed by atoms with Gasteiger partial charge >= 0.3 is 0 Å². The average molecular weight is 434 g/mol. The number of hydrogen-bond acceptors (Lipinski definition) is 7. The molecule has 3 aromatic rings. The fraction of sp³-hybridized carbons (Fsp3) is 0.292. The summed E-state index contributed by atoms with van der Waals surface area (Å²) in [6.45, 7) is 3.13. The van der Waals surface area contributed by atoms with Crippen molar-refractivity contribution in [2.24, 2.45) is 0 Å². The summed E-state index contributed by atoms with van der Waals surface area (Å²) in [7, 11) is 1.64. The van der Waals surface area contributed by atoms with Gasteiger partial charge in [-0.2, -0.15) is 5.10 Å². The van der Waals surface area contributed by atoms with Crippen molar-refractivity contribution in [2.75, 3.05) is 48.9 Å². The van der Waals surface area contributed by atoms with E-state index in [2.05, 4.69) is 25.7 Å². The maximum absolute atomic E-state index is 12.3. The molecule has 0 spiro atoms. The number of hydrogen-bond donors (Lipinski definition) is 2. The first kappa shape index (κ1) is 21.6. The zero-order chi connectivity index (χ0) is 22.2. The summed E-state index contributed by atoms with van der Waals surface area (Å²) in [6, 6.07) is 17.3. The highest BCUT2D eigenvalue weighted by Crippen LogP contribution is 2.22. The van der Waals surface area contributed by atoms with Gasteiger partial charge in [-0.25, -0.2) is 0 Å². The van der Waals surface area contributed by atoms with Gasteiger partial charge in [0.25, 0.3) is 0 Å². The molecule has 1 saturated heterocycles. The quantitative estimate of drug-likeness (QED) is 0.561. The number of methoxy groups -OCH3 is 1. The lowest BCUT2D eigenvalue weighted by atomic mass is 10.1. The van der Waals surface area contributed by atoms with Gasteiger partial charge in [0.15, 0.2) is 5.82 Å². The van der Waals surface area contributed by atoms with Crippen LogP contribution < -0.4 is 20.3 Å². The predicted octanol–water partition coefficient (Wildman–Crippen LogP) is 3.64. The summed E-state index contributed by atoms with van der Waals surface area (Å²) in [4.78, 5) is 14.5. The Kier molecular flexibility index (Phi) is 7.14. The van der Waals surface area contributed by atoms with Crippen molar-refractivity contribution in [3.05, 3.63) is 66.4 Å². The Hall–Kier alpha value is -3.65. The van der Waals surface area contributed by atoms with E-state index in [0.29, 0.717) is 18.7 Å². The lowest BCUT2D eigenvalue weighted by molar-refractivity contribution is -0.116. The van der Waals surface area contributed by atoms with Crippen molar-refractivity contribution < 1.29 is 14.3 Å². The molecule has 0 unspecified atom stereocenters. The van der Waals surface area contributed by atoms with Crippen LogP contribution in [0.25, 0.3) is 0 Å². The summed E-state index contributed by atoms with van der Waals surface area (Å²) in [5, 5.41) is 14.5. The lowest BCUT2D eigenvalue weighted by Crippen LogP contribution is -2.36. The number of aromatic nitrogens is 2. The second kappa shape index (κ2) is 10.6. The number of anilines is 4. The molecule has 1 aliphatic heterocycles. The fourth-order valence-electron chi connectivity index (χ4n) is 3.47. The number of rotatable bonds is 8. The predicted molar refractivity (Wildman–Crippen MR) is 125 cm³/mol.